The lowest BCUT2D eigenvalue weighted by molar-refractivity contribution is -0.140. The first-order valence-electron chi connectivity index (χ1n) is 11.7. The van der Waals surface area contributed by atoms with Gasteiger partial charge in [-0.3, -0.25) is 0 Å². The Bertz CT molecular complexity index is 1490. The molecule has 0 spiro atoms. The molecule has 3 aromatic carbocycles. The second-order valence-corrected chi connectivity index (χ2v) is 8.51. The van der Waals surface area contributed by atoms with E-state index in [1.165, 1.54) is 12.1 Å². The Labute approximate surface area is 218 Å². The smallest absolute Gasteiger partial charge is 0.338 e. The maximum atomic E-state index is 13.7. The fourth-order valence-corrected chi connectivity index (χ4v) is 4.13. The van der Waals surface area contributed by atoms with Crippen molar-refractivity contribution in [2.24, 2.45) is 0 Å². The van der Waals surface area contributed by atoms with Crippen molar-refractivity contribution < 1.29 is 23.5 Å². The Kier molecular flexibility index (Phi) is 8.00. The molecule has 0 saturated heterocycles. The molecule has 1 aliphatic rings. The fraction of sp³-hybridized carbons (Fsp3) is 0.172. The van der Waals surface area contributed by atoms with E-state index in [1.54, 1.807) is 37.4 Å². The second-order valence-electron chi connectivity index (χ2n) is 8.51. The number of esters is 1. The third-order valence-corrected chi connectivity index (χ3v) is 6.07. The van der Waals surface area contributed by atoms with Crippen molar-refractivity contribution in [1.29, 1.82) is 10.5 Å². The van der Waals surface area contributed by atoms with Gasteiger partial charge in [-0.15, -0.1) is 0 Å². The Hall–Kier alpha value is -5.15. The number of allylic oxidation sites excluding steroid dienone is 1. The summed E-state index contributed by atoms with van der Waals surface area (Å²) in [5.74, 6) is -0.655. The van der Waals surface area contributed by atoms with Gasteiger partial charge in [-0.25, -0.2) is 14.0 Å². The van der Waals surface area contributed by atoms with Crippen LogP contribution < -0.4 is 15.4 Å². The molecule has 0 saturated carbocycles. The number of benzene rings is 3. The Morgan fingerprint density at radius 3 is 2.50 bits per heavy atom. The van der Waals surface area contributed by atoms with Gasteiger partial charge in [0.05, 0.1) is 35.9 Å². The summed E-state index contributed by atoms with van der Waals surface area (Å²) in [5.41, 5.74) is 2.87. The van der Waals surface area contributed by atoms with Crippen LogP contribution in [0.3, 0.4) is 0 Å². The highest BCUT2D eigenvalue weighted by atomic mass is 19.1. The molecular formula is C29H23FN4O4. The first-order chi connectivity index (χ1) is 18.4. The number of aryl methyl sites for hydroxylation is 1. The van der Waals surface area contributed by atoms with Gasteiger partial charge in [0.25, 0.3) is 0 Å². The highest BCUT2D eigenvalue weighted by molar-refractivity contribution is 5.95. The van der Waals surface area contributed by atoms with Crippen LogP contribution in [0.5, 0.6) is 5.75 Å². The number of carbonyl (C=O) groups is 2. The minimum atomic E-state index is -0.827. The van der Waals surface area contributed by atoms with E-state index in [0.29, 0.717) is 41.0 Å². The van der Waals surface area contributed by atoms with Gasteiger partial charge in [-0.2, -0.15) is 10.5 Å². The lowest BCUT2D eigenvalue weighted by Gasteiger charge is -2.29. The van der Waals surface area contributed by atoms with Crippen molar-refractivity contribution in [1.82, 2.24) is 10.6 Å². The zero-order chi connectivity index (χ0) is 27.1. The van der Waals surface area contributed by atoms with Crippen LogP contribution in [-0.4, -0.2) is 19.1 Å². The van der Waals surface area contributed by atoms with Crippen molar-refractivity contribution >= 4 is 12.0 Å². The van der Waals surface area contributed by atoms with Crippen LogP contribution in [0.4, 0.5) is 9.18 Å². The van der Waals surface area contributed by atoms with Crippen LogP contribution >= 0.6 is 0 Å². The number of amides is 2. The zero-order valence-corrected chi connectivity index (χ0v) is 20.5. The molecule has 190 valence electrons. The normalized spacial score (nSPS) is 14.5. The summed E-state index contributed by atoms with van der Waals surface area (Å²) in [5, 5.41) is 23.7. The van der Waals surface area contributed by atoms with Crippen LogP contribution in [0.1, 0.15) is 40.3 Å². The number of ether oxygens (including phenoxy) is 2. The minimum absolute atomic E-state index is 0.154. The summed E-state index contributed by atoms with van der Waals surface area (Å²) in [6.45, 7) is -0.200. The third-order valence-electron chi connectivity index (χ3n) is 6.07. The van der Waals surface area contributed by atoms with Gasteiger partial charge in [-0.05, 0) is 65.9 Å². The average Bonchev–Trinajstić information content (AvgIpc) is 2.95. The number of hydrogen-bond acceptors (Lipinski definition) is 6. The summed E-state index contributed by atoms with van der Waals surface area (Å²) < 4.78 is 24.5. The van der Waals surface area contributed by atoms with Gasteiger partial charge in [0.2, 0.25) is 0 Å². The van der Waals surface area contributed by atoms with Crippen LogP contribution in [-0.2, 0) is 22.6 Å². The number of urea groups is 1. The first kappa shape index (κ1) is 25.9. The molecule has 1 unspecified atom stereocenters. The average molecular weight is 511 g/mol. The highest BCUT2D eigenvalue weighted by Crippen LogP contribution is 2.30. The largest absolute Gasteiger partial charge is 0.497 e. The molecule has 0 radical (unpaired) electrons. The fourth-order valence-electron chi connectivity index (χ4n) is 4.13. The molecule has 3 aromatic rings. The Balaban J connectivity index is 1.66. The highest BCUT2D eigenvalue weighted by Gasteiger charge is 2.33. The second kappa shape index (κ2) is 11.7. The van der Waals surface area contributed by atoms with E-state index >= 15 is 0 Å². The lowest BCUT2D eigenvalue weighted by atomic mass is 9.92. The summed E-state index contributed by atoms with van der Waals surface area (Å²) in [6.07, 6.45) is 0.833. The predicted molar refractivity (Wildman–Crippen MR) is 135 cm³/mol. The van der Waals surface area contributed by atoms with Crippen LogP contribution in [0.15, 0.2) is 78.0 Å². The molecule has 1 heterocycles. The van der Waals surface area contributed by atoms with E-state index < -0.39 is 23.9 Å². The molecule has 0 aliphatic carbocycles. The van der Waals surface area contributed by atoms with Crippen LogP contribution in [0.25, 0.3) is 0 Å². The van der Waals surface area contributed by atoms with Crippen molar-refractivity contribution in [3.8, 4) is 17.9 Å². The van der Waals surface area contributed by atoms with Gasteiger partial charge < -0.3 is 20.1 Å². The van der Waals surface area contributed by atoms with E-state index in [2.05, 4.69) is 10.6 Å². The summed E-state index contributed by atoms with van der Waals surface area (Å²) in [6, 6.07) is 20.4. The topological polar surface area (TPSA) is 124 Å². The minimum Gasteiger partial charge on any atom is -0.497 e. The first-order valence-corrected chi connectivity index (χ1v) is 11.7. The number of carbonyl (C=O) groups excluding carboxylic acids is 2. The lowest BCUT2D eigenvalue weighted by Crippen LogP contribution is -2.46. The van der Waals surface area contributed by atoms with Crippen LogP contribution in [0.2, 0.25) is 0 Å². The molecule has 8 nitrogen and oxygen atoms in total. The summed E-state index contributed by atoms with van der Waals surface area (Å²) in [4.78, 5) is 26.0. The quantitative estimate of drug-likeness (QED) is 0.428. The number of nitrogens with zero attached hydrogens (tertiary/aromatic N) is 2. The number of nitriles is 2. The molecule has 0 aromatic heterocycles. The number of nitrogens with one attached hydrogen (secondary N) is 2. The standard InChI is InChI=1S/C29H23FN4O4/c1-37-23-4-2-3-18(14-23)8-12-25-26(28(35)38-17-20-7-11-24(30)22(13-20)16-32)27(34-29(36)33-25)21-9-5-19(15-31)6-10-21/h2-7,9-11,13-14,27H,8,12,17H2,1H3,(H2,33,34,36). The SMILES string of the molecule is COc1cccc(CCC2=C(C(=O)OCc3ccc(F)c(C#N)c3)C(c3ccc(C#N)cc3)NC(=O)N2)c1. The molecular weight excluding hydrogens is 487 g/mol. The van der Waals surface area contributed by atoms with Crippen molar-refractivity contribution in [3.63, 3.8) is 0 Å². The van der Waals surface area contributed by atoms with E-state index in [1.807, 2.05) is 30.3 Å². The van der Waals surface area contributed by atoms with E-state index in [-0.39, 0.29) is 17.7 Å². The maximum absolute atomic E-state index is 13.7. The van der Waals surface area contributed by atoms with E-state index in [0.717, 1.165) is 11.6 Å². The molecule has 0 bridgehead atoms. The van der Waals surface area contributed by atoms with Gasteiger partial charge in [0.1, 0.15) is 24.2 Å². The van der Waals surface area contributed by atoms with E-state index in [9.17, 15) is 14.0 Å². The Morgan fingerprint density at radius 2 is 1.79 bits per heavy atom. The van der Waals surface area contributed by atoms with Crippen molar-refractivity contribution in [3.05, 3.63) is 112 Å². The van der Waals surface area contributed by atoms with Gasteiger partial charge >= 0.3 is 12.0 Å². The Morgan fingerprint density at radius 1 is 1.00 bits per heavy atom. The molecule has 2 amide bonds. The van der Waals surface area contributed by atoms with Gasteiger partial charge in [-0.1, -0.05) is 30.3 Å². The molecule has 4 rings (SSSR count). The zero-order valence-electron chi connectivity index (χ0n) is 20.5. The summed E-state index contributed by atoms with van der Waals surface area (Å²) >= 11 is 0. The number of rotatable bonds is 8. The van der Waals surface area contributed by atoms with Crippen molar-refractivity contribution in [2.45, 2.75) is 25.5 Å². The molecule has 2 N–H and O–H groups in total. The van der Waals surface area contributed by atoms with Crippen LogP contribution in [0, 0.1) is 28.5 Å². The molecule has 38 heavy (non-hydrogen) atoms. The molecule has 0 fully saturated rings. The summed E-state index contributed by atoms with van der Waals surface area (Å²) in [7, 11) is 1.58. The predicted octanol–water partition coefficient (Wildman–Crippen LogP) is 4.56. The monoisotopic (exact) mass is 510 g/mol. The van der Waals surface area contributed by atoms with Gasteiger partial charge in [0, 0.05) is 5.70 Å². The van der Waals surface area contributed by atoms with Crippen molar-refractivity contribution in [2.75, 3.05) is 7.11 Å². The third kappa shape index (κ3) is 5.97. The number of hydrogen-bond donors (Lipinski definition) is 2. The number of halogens is 1. The molecule has 1 aliphatic heterocycles. The maximum Gasteiger partial charge on any atom is 0.338 e. The van der Waals surface area contributed by atoms with Gasteiger partial charge in [0.15, 0.2) is 0 Å². The number of methoxy groups -OCH3 is 1. The van der Waals surface area contributed by atoms with E-state index in [4.69, 9.17) is 20.0 Å². The molecule has 1 atom stereocenters. The molecule has 9 heteroatoms.